The first-order chi connectivity index (χ1) is 8.99. The first kappa shape index (κ1) is 13.6. The van der Waals surface area contributed by atoms with Gasteiger partial charge in [0.1, 0.15) is 6.04 Å². The van der Waals surface area contributed by atoms with E-state index in [1.807, 2.05) is 18.2 Å². The summed E-state index contributed by atoms with van der Waals surface area (Å²) in [5.74, 6) is -1.40. The summed E-state index contributed by atoms with van der Waals surface area (Å²) in [7, 11) is 0. The topological polar surface area (TPSA) is 82.2 Å². The van der Waals surface area contributed by atoms with Crippen LogP contribution < -0.4 is 5.32 Å². The number of rotatable bonds is 4. The Labute approximate surface area is 118 Å². The van der Waals surface area contributed by atoms with E-state index in [1.54, 1.807) is 6.20 Å². The number of aliphatic carboxylic acids is 1. The molecule has 0 aliphatic heterocycles. The predicted molar refractivity (Wildman–Crippen MR) is 74.9 cm³/mol. The van der Waals surface area contributed by atoms with Crippen molar-refractivity contribution in [1.82, 2.24) is 10.3 Å². The van der Waals surface area contributed by atoms with Crippen molar-refractivity contribution in [3.05, 3.63) is 34.4 Å². The maximum atomic E-state index is 11.1. The monoisotopic (exact) mass is 324 g/mol. The Morgan fingerprint density at radius 2 is 2.21 bits per heavy atom. The second kappa shape index (κ2) is 5.44. The fourth-order valence-electron chi connectivity index (χ4n) is 2.01. The van der Waals surface area contributed by atoms with Crippen LogP contribution in [0.25, 0.3) is 10.9 Å². The smallest absolute Gasteiger partial charge is 0.326 e. The molecule has 1 unspecified atom stereocenters. The van der Waals surface area contributed by atoms with Crippen LogP contribution in [0.4, 0.5) is 0 Å². The molecule has 0 aliphatic carbocycles. The molecule has 0 saturated heterocycles. The maximum absolute atomic E-state index is 11.1. The predicted octanol–water partition coefficient (Wildman–Crippen LogP) is 2.06. The number of halogens is 1. The maximum Gasteiger partial charge on any atom is 0.326 e. The van der Waals surface area contributed by atoms with E-state index in [-0.39, 0.29) is 12.3 Å². The van der Waals surface area contributed by atoms with Crippen molar-refractivity contribution in [3.63, 3.8) is 0 Å². The summed E-state index contributed by atoms with van der Waals surface area (Å²) in [4.78, 5) is 25.2. The van der Waals surface area contributed by atoms with Crippen LogP contribution in [0.15, 0.2) is 28.9 Å². The summed E-state index contributed by atoms with van der Waals surface area (Å²) >= 11 is 3.43. The summed E-state index contributed by atoms with van der Waals surface area (Å²) in [5, 5.41) is 12.5. The quantitative estimate of drug-likeness (QED) is 0.805. The molecule has 1 aromatic heterocycles. The first-order valence-corrected chi connectivity index (χ1v) is 6.52. The lowest BCUT2D eigenvalue weighted by atomic mass is 10.1. The van der Waals surface area contributed by atoms with Crippen molar-refractivity contribution >= 4 is 38.7 Å². The second-order valence-corrected chi connectivity index (χ2v) is 5.13. The third-order valence-electron chi connectivity index (χ3n) is 2.85. The number of amides is 1. The third kappa shape index (κ3) is 2.96. The molecule has 0 aliphatic rings. The zero-order chi connectivity index (χ0) is 14.0. The zero-order valence-corrected chi connectivity index (χ0v) is 11.8. The number of carboxylic acid groups (broad SMARTS) is 1. The number of fused-ring (bicyclic) bond motifs is 1. The Morgan fingerprint density at radius 3 is 2.84 bits per heavy atom. The van der Waals surface area contributed by atoms with E-state index < -0.39 is 12.0 Å². The van der Waals surface area contributed by atoms with Crippen molar-refractivity contribution in [2.75, 3.05) is 0 Å². The highest BCUT2D eigenvalue weighted by Gasteiger charge is 2.20. The molecule has 5 nitrogen and oxygen atoms in total. The number of hydrogen-bond donors (Lipinski definition) is 3. The molecule has 0 saturated carbocycles. The number of benzene rings is 1. The molecular formula is C13H13BrN2O3. The number of H-pyrrole nitrogens is 1. The van der Waals surface area contributed by atoms with Gasteiger partial charge in [0.15, 0.2) is 0 Å². The number of aromatic nitrogens is 1. The number of para-hydroxylation sites is 1. The highest BCUT2D eigenvalue weighted by Crippen LogP contribution is 2.26. The van der Waals surface area contributed by atoms with Crippen LogP contribution in [0.1, 0.15) is 12.5 Å². The molecule has 19 heavy (non-hydrogen) atoms. The van der Waals surface area contributed by atoms with Gasteiger partial charge in [0, 0.05) is 29.4 Å². The fraction of sp³-hybridized carbons (Fsp3) is 0.231. The van der Waals surface area contributed by atoms with Gasteiger partial charge in [-0.25, -0.2) is 4.79 Å². The number of hydrogen-bond acceptors (Lipinski definition) is 2. The Hall–Kier alpha value is -1.82. The number of nitrogens with one attached hydrogen (secondary N) is 2. The van der Waals surface area contributed by atoms with Crippen LogP contribution in [0.2, 0.25) is 0 Å². The van der Waals surface area contributed by atoms with Gasteiger partial charge in [-0.3, -0.25) is 4.79 Å². The molecule has 2 aromatic rings. The van der Waals surface area contributed by atoms with Crippen LogP contribution in [-0.4, -0.2) is 28.0 Å². The van der Waals surface area contributed by atoms with Crippen molar-refractivity contribution in [1.29, 1.82) is 0 Å². The van der Waals surface area contributed by atoms with Crippen molar-refractivity contribution in [2.45, 2.75) is 19.4 Å². The summed E-state index contributed by atoms with van der Waals surface area (Å²) in [5.41, 5.74) is 1.78. The SMILES string of the molecule is CC(=O)NC(Cc1c[nH]c2c(Br)cccc12)C(=O)O. The number of carbonyl (C=O) groups is 2. The number of aromatic amines is 1. The second-order valence-electron chi connectivity index (χ2n) is 4.27. The highest BCUT2D eigenvalue weighted by molar-refractivity contribution is 9.10. The van der Waals surface area contributed by atoms with E-state index in [0.29, 0.717) is 0 Å². The average molecular weight is 325 g/mol. The molecule has 0 bridgehead atoms. The van der Waals surface area contributed by atoms with E-state index in [1.165, 1.54) is 6.92 Å². The largest absolute Gasteiger partial charge is 0.480 e. The van der Waals surface area contributed by atoms with Crippen molar-refractivity contribution in [2.24, 2.45) is 0 Å². The molecule has 1 amide bonds. The van der Waals surface area contributed by atoms with E-state index in [2.05, 4.69) is 26.2 Å². The number of carboxylic acids is 1. The molecule has 6 heteroatoms. The summed E-state index contributed by atoms with van der Waals surface area (Å²) in [6, 6.07) is 4.79. The van der Waals surface area contributed by atoms with Crippen molar-refractivity contribution < 1.29 is 14.7 Å². The normalized spacial score (nSPS) is 12.3. The molecule has 0 radical (unpaired) electrons. The van der Waals surface area contributed by atoms with E-state index >= 15 is 0 Å². The minimum Gasteiger partial charge on any atom is -0.480 e. The van der Waals surface area contributed by atoms with Crippen LogP contribution in [-0.2, 0) is 16.0 Å². The number of carbonyl (C=O) groups excluding carboxylic acids is 1. The molecular weight excluding hydrogens is 312 g/mol. The van der Waals surface area contributed by atoms with Gasteiger partial charge in [-0.05, 0) is 27.6 Å². The van der Waals surface area contributed by atoms with Gasteiger partial charge in [0.05, 0.1) is 5.52 Å². The van der Waals surface area contributed by atoms with Crippen LogP contribution in [0, 0.1) is 0 Å². The van der Waals surface area contributed by atoms with Gasteiger partial charge in [-0.15, -0.1) is 0 Å². The summed E-state index contributed by atoms with van der Waals surface area (Å²) < 4.78 is 0.919. The Morgan fingerprint density at radius 1 is 1.47 bits per heavy atom. The van der Waals surface area contributed by atoms with Gasteiger partial charge in [0.2, 0.25) is 5.91 Å². The molecule has 1 aromatic carbocycles. The summed E-state index contributed by atoms with van der Waals surface area (Å²) in [6.45, 7) is 1.31. The first-order valence-electron chi connectivity index (χ1n) is 5.73. The van der Waals surface area contributed by atoms with Crippen LogP contribution in [0.5, 0.6) is 0 Å². The van der Waals surface area contributed by atoms with Crippen LogP contribution in [0.3, 0.4) is 0 Å². The molecule has 100 valence electrons. The lowest BCUT2D eigenvalue weighted by molar-refractivity contribution is -0.141. The van der Waals surface area contributed by atoms with Gasteiger partial charge in [0.25, 0.3) is 0 Å². The lowest BCUT2D eigenvalue weighted by Crippen LogP contribution is -2.41. The standard InChI is InChI=1S/C13H13BrN2O3/c1-7(17)16-11(13(18)19)5-8-6-15-12-9(8)3-2-4-10(12)14/h2-4,6,11,15H,5H2,1H3,(H,16,17)(H,18,19). The molecule has 1 atom stereocenters. The average Bonchev–Trinajstić information content (AvgIpc) is 2.72. The zero-order valence-electron chi connectivity index (χ0n) is 10.2. The Balaban J connectivity index is 2.31. The lowest BCUT2D eigenvalue weighted by Gasteiger charge is -2.12. The molecule has 0 fully saturated rings. The Kier molecular flexibility index (Phi) is 3.90. The third-order valence-corrected chi connectivity index (χ3v) is 3.51. The highest BCUT2D eigenvalue weighted by atomic mass is 79.9. The van der Waals surface area contributed by atoms with E-state index in [4.69, 9.17) is 5.11 Å². The molecule has 2 rings (SSSR count). The van der Waals surface area contributed by atoms with Gasteiger partial charge >= 0.3 is 5.97 Å². The van der Waals surface area contributed by atoms with Gasteiger partial charge in [-0.2, -0.15) is 0 Å². The van der Waals surface area contributed by atoms with E-state index in [0.717, 1.165) is 20.9 Å². The minimum atomic E-state index is -1.04. The van der Waals surface area contributed by atoms with E-state index in [9.17, 15) is 9.59 Å². The molecule has 0 spiro atoms. The van der Waals surface area contributed by atoms with Gasteiger partial charge in [-0.1, -0.05) is 12.1 Å². The molecule has 1 heterocycles. The van der Waals surface area contributed by atoms with Crippen LogP contribution >= 0.6 is 15.9 Å². The minimum absolute atomic E-state index is 0.241. The fourth-order valence-corrected chi connectivity index (χ4v) is 2.49. The molecule has 3 N–H and O–H groups in total. The van der Waals surface area contributed by atoms with Crippen molar-refractivity contribution in [3.8, 4) is 0 Å². The van der Waals surface area contributed by atoms with Gasteiger partial charge < -0.3 is 15.4 Å². The Bertz CT molecular complexity index is 636. The summed E-state index contributed by atoms with van der Waals surface area (Å²) in [6.07, 6.45) is 2.01.